The zero-order valence-electron chi connectivity index (χ0n) is 11.8. The summed E-state index contributed by atoms with van der Waals surface area (Å²) in [7, 11) is -1.58. The number of nitrogens with one attached hydrogen (secondary N) is 2. The molecule has 0 aliphatic carbocycles. The molecule has 1 aromatic rings. The van der Waals surface area contributed by atoms with Gasteiger partial charge in [0.2, 0.25) is 10.0 Å². The molecule has 1 heterocycles. The lowest BCUT2D eigenvalue weighted by Gasteiger charge is -2.23. The maximum absolute atomic E-state index is 12.2. The molecule has 2 N–H and O–H groups in total. The van der Waals surface area contributed by atoms with Crippen LogP contribution in [-0.2, 0) is 16.4 Å². The second-order valence-corrected chi connectivity index (χ2v) is 7.00. The van der Waals surface area contributed by atoms with Crippen molar-refractivity contribution in [3.63, 3.8) is 0 Å². The standard InChI is InChI=1S/C14H22N2O3S/c1-19-14-5-3-2-4-12(14)6-11-16-20(17,18)13-7-9-15-10-8-13/h2-5,13,15-16H,6-11H2,1H3. The Morgan fingerprint density at radius 1 is 1.30 bits per heavy atom. The molecule has 1 fully saturated rings. The van der Waals surface area contributed by atoms with Crippen molar-refractivity contribution >= 4 is 10.0 Å². The van der Waals surface area contributed by atoms with Crippen molar-refractivity contribution in [2.45, 2.75) is 24.5 Å². The van der Waals surface area contributed by atoms with Crippen molar-refractivity contribution < 1.29 is 13.2 Å². The number of benzene rings is 1. The minimum absolute atomic E-state index is 0.263. The van der Waals surface area contributed by atoms with Gasteiger partial charge >= 0.3 is 0 Å². The van der Waals surface area contributed by atoms with Crippen LogP contribution in [0, 0.1) is 0 Å². The van der Waals surface area contributed by atoms with E-state index < -0.39 is 10.0 Å². The molecule has 1 aliphatic rings. The molecule has 0 radical (unpaired) electrons. The lowest BCUT2D eigenvalue weighted by molar-refractivity contribution is 0.409. The molecule has 1 aromatic carbocycles. The zero-order chi connectivity index (χ0) is 14.4. The quantitative estimate of drug-likeness (QED) is 0.819. The molecule has 1 saturated heterocycles. The Morgan fingerprint density at radius 2 is 2.00 bits per heavy atom. The van der Waals surface area contributed by atoms with Gasteiger partial charge in [-0.1, -0.05) is 18.2 Å². The average Bonchev–Trinajstić information content (AvgIpc) is 2.48. The summed E-state index contributed by atoms with van der Waals surface area (Å²) >= 11 is 0. The number of sulfonamides is 1. The molecule has 6 heteroatoms. The van der Waals surface area contributed by atoms with Crippen LogP contribution >= 0.6 is 0 Å². The first kappa shape index (κ1) is 15.3. The van der Waals surface area contributed by atoms with Crippen LogP contribution in [0.15, 0.2) is 24.3 Å². The van der Waals surface area contributed by atoms with E-state index in [2.05, 4.69) is 10.0 Å². The number of para-hydroxylation sites is 1. The molecule has 0 bridgehead atoms. The normalized spacial score (nSPS) is 17.1. The van der Waals surface area contributed by atoms with Crippen LogP contribution in [0.2, 0.25) is 0 Å². The SMILES string of the molecule is COc1ccccc1CCNS(=O)(=O)C1CCNCC1. The van der Waals surface area contributed by atoms with Gasteiger partial charge in [-0.2, -0.15) is 0 Å². The monoisotopic (exact) mass is 298 g/mol. The summed E-state index contributed by atoms with van der Waals surface area (Å²) in [4.78, 5) is 0. The molecule has 0 unspecified atom stereocenters. The van der Waals surface area contributed by atoms with E-state index in [0.29, 0.717) is 25.8 Å². The van der Waals surface area contributed by atoms with Gasteiger partial charge in [-0.3, -0.25) is 0 Å². The van der Waals surface area contributed by atoms with E-state index in [1.807, 2.05) is 24.3 Å². The fraction of sp³-hybridized carbons (Fsp3) is 0.571. The Hall–Kier alpha value is -1.11. The lowest BCUT2D eigenvalue weighted by Crippen LogP contribution is -2.42. The first-order valence-corrected chi connectivity index (χ1v) is 8.49. The van der Waals surface area contributed by atoms with Crippen LogP contribution in [-0.4, -0.2) is 40.4 Å². The predicted molar refractivity (Wildman–Crippen MR) is 79.5 cm³/mol. The van der Waals surface area contributed by atoms with Crippen LogP contribution < -0.4 is 14.8 Å². The lowest BCUT2D eigenvalue weighted by atomic mass is 10.1. The van der Waals surface area contributed by atoms with Crippen LogP contribution in [0.25, 0.3) is 0 Å². The first-order chi connectivity index (χ1) is 9.63. The molecular weight excluding hydrogens is 276 g/mol. The Labute approximate surface area is 120 Å². The Balaban J connectivity index is 1.88. The predicted octanol–water partition coefficient (Wildman–Crippen LogP) is 0.909. The van der Waals surface area contributed by atoms with Crippen LogP contribution in [0.3, 0.4) is 0 Å². The maximum Gasteiger partial charge on any atom is 0.214 e. The fourth-order valence-corrected chi connectivity index (χ4v) is 3.94. The van der Waals surface area contributed by atoms with Crippen molar-refractivity contribution in [2.24, 2.45) is 0 Å². The van der Waals surface area contributed by atoms with Crippen molar-refractivity contribution in [1.82, 2.24) is 10.0 Å². The molecule has 0 spiro atoms. The highest BCUT2D eigenvalue weighted by molar-refractivity contribution is 7.90. The van der Waals surface area contributed by atoms with Crippen LogP contribution in [0.1, 0.15) is 18.4 Å². The highest BCUT2D eigenvalue weighted by atomic mass is 32.2. The summed E-state index contributed by atoms with van der Waals surface area (Å²) in [5.41, 5.74) is 1.02. The van der Waals surface area contributed by atoms with Gasteiger partial charge in [0.05, 0.1) is 12.4 Å². The summed E-state index contributed by atoms with van der Waals surface area (Å²) in [5, 5.41) is 2.91. The van der Waals surface area contributed by atoms with E-state index >= 15 is 0 Å². The van der Waals surface area contributed by atoms with Gasteiger partial charge in [0, 0.05) is 6.54 Å². The molecule has 0 saturated carbocycles. The van der Waals surface area contributed by atoms with Gasteiger partial charge in [-0.05, 0) is 44.0 Å². The van der Waals surface area contributed by atoms with Gasteiger partial charge in [0.1, 0.15) is 5.75 Å². The molecular formula is C14H22N2O3S. The Morgan fingerprint density at radius 3 is 2.70 bits per heavy atom. The summed E-state index contributed by atoms with van der Waals surface area (Å²) in [5.74, 6) is 0.800. The number of hydrogen-bond donors (Lipinski definition) is 2. The molecule has 0 amide bonds. The topological polar surface area (TPSA) is 67.4 Å². The minimum Gasteiger partial charge on any atom is -0.496 e. The van der Waals surface area contributed by atoms with Gasteiger partial charge in [-0.25, -0.2) is 13.1 Å². The van der Waals surface area contributed by atoms with E-state index in [1.165, 1.54) is 0 Å². The molecule has 1 aliphatic heterocycles. The third-order valence-electron chi connectivity index (χ3n) is 3.62. The fourth-order valence-electron chi connectivity index (χ4n) is 2.46. The van der Waals surface area contributed by atoms with E-state index in [1.54, 1.807) is 7.11 Å². The number of ether oxygens (including phenoxy) is 1. The summed E-state index contributed by atoms with van der Waals surface area (Å²) in [6, 6.07) is 7.68. The summed E-state index contributed by atoms with van der Waals surface area (Å²) in [6.45, 7) is 1.96. The molecule has 0 aromatic heterocycles. The first-order valence-electron chi connectivity index (χ1n) is 6.94. The second kappa shape index (κ2) is 7.06. The number of piperidine rings is 1. The van der Waals surface area contributed by atoms with Crippen molar-refractivity contribution in [3.05, 3.63) is 29.8 Å². The minimum atomic E-state index is -3.20. The van der Waals surface area contributed by atoms with Crippen molar-refractivity contribution in [3.8, 4) is 5.75 Å². The zero-order valence-corrected chi connectivity index (χ0v) is 12.6. The smallest absolute Gasteiger partial charge is 0.214 e. The number of hydrogen-bond acceptors (Lipinski definition) is 4. The number of rotatable bonds is 6. The molecule has 2 rings (SSSR count). The average molecular weight is 298 g/mol. The van der Waals surface area contributed by atoms with Gasteiger partial charge in [-0.15, -0.1) is 0 Å². The summed E-state index contributed by atoms with van der Waals surface area (Å²) in [6.07, 6.45) is 2.00. The molecule has 0 atom stereocenters. The third-order valence-corrected chi connectivity index (χ3v) is 5.57. The Bertz CT molecular complexity index is 525. The van der Waals surface area contributed by atoms with Crippen LogP contribution in [0.4, 0.5) is 0 Å². The number of methoxy groups -OCH3 is 1. The molecule has 5 nitrogen and oxygen atoms in total. The Kier molecular flexibility index (Phi) is 5.39. The molecule has 20 heavy (non-hydrogen) atoms. The van der Waals surface area contributed by atoms with Gasteiger partial charge in [0.25, 0.3) is 0 Å². The van der Waals surface area contributed by atoms with E-state index in [4.69, 9.17) is 4.74 Å². The van der Waals surface area contributed by atoms with Gasteiger partial charge < -0.3 is 10.1 Å². The third kappa shape index (κ3) is 3.94. The van der Waals surface area contributed by atoms with E-state index in [9.17, 15) is 8.42 Å². The maximum atomic E-state index is 12.2. The highest BCUT2D eigenvalue weighted by Crippen LogP contribution is 2.18. The van der Waals surface area contributed by atoms with Crippen molar-refractivity contribution in [1.29, 1.82) is 0 Å². The van der Waals surface area contributed by atoms with Gasteiger partial charge in [0.15, 0.2) is 0 Å². The van der Waals surface area contributed by atoms with Crippen molar-refractivity contribution in [2.75, 3.05) is 26.7 Å². The van der Waals surface area contributed by atoms with E-state index in [-0.39, 0.29) is 5.25 Å². The summed E-state index contributed by atoms with van der Waals surface area (Å²) < 4.78 is 32.3. The second-order valence-electron chi connectivity index (χ2n) is 4.95. The van der Waals surface area contributed by atoms with Crippen LogP contribution in [0.5, 0.6) is 5.75 Å². The largest absolute Gasteiger partial charge is 0.496 e. The highest BCUT2D eigenvalue weighted by Gasteiger charge is 2.26. The van der Waals surface area contributed by atoms with E-state index in [0.717, 1.165) is 24.4 Å². The molecule has 112 valence electrons.